The van der Waals surface area contributed by atoms with Crippen LogP contribution in [0.1, 0.15) is 47.5 Å². The standard InChI is InChI=1S/C15H25N3O6/c1-6-23-11(20)9-16-12(21)15(5)8-7-10(19)18(15)17-13(22)24-14(2,3)4/h6-9H2,1-5H3,(H,16,21)(H,17,22). The van der Waals surface area contributed by atoms with E-state index in [4.69, 9.17) is 9.47 Å². The van der Waals surface area contributed by atoms with E-state index in [0.29, 0.717) is 0 Å². The van der Waals surface area contributed by atoms with Crippen molar-refractivity contribution >= 4 is 23.9 Å². The van der Waals surface area contributed by atoms with E-state index in [1.807, 2.05) is 0 Å². The first-order valence-electron chi connectivity index (χ1n) is 7.76. The maximum atomic E-state index is 12.4. The lowest BCUT2D eigenvalue weighted by atomic mass is 9.99. The first-order valence-corrected chi connectivity index (χ1v) is 7.76. The lowest BCUT2D eigenvalue weighted by Gasteiger charge is -2.34. The highest BCUT2D eigenvalue weighted by Crippen LogP contribution is 2.28. The van der Waals surface area contributed by atoms with Crippen molar-refractivity contribution in [3.05, 3.63) is 0 Å². The second-order valence-corrected chi connectivity index (χ2v) is 6.60. The van der Waals surface area contributed by atoms with Gasteiger partial charge in [-0.15, -0.1) is 0 Å². The Morgan fingerprint density at radius 2 is 1.92 bits per heavy atom. The van der Waals surface area contributed by atoms with Gasteiger partial charge in [0, 0.05) is 6.42 Å². The van der Waals surface area contributed by atoms with Crippen LogP contribution in [0, 0.1) is 0 Å². The van der Waals surface area contributed by atoms with Crippen molar-refractivity contribution in [2.45, 2.75) is 58.6 Å². The fraction of sp³-hybridized carbons (Fsp3) is 0.733. The second-order valence-electron chi connectivity index (χ2n) is 6.60. The molecule has 9 nitrogen and oxygen atoms in total. The SMILES string of the molecule is CCOC(=O)CNC(=O)C1(C)CCC(=O)N1NC(=O)OC(C)(C)C. The van der Waals surface area contributed by atoms with Gasteiger partial charge >= 0.3 is 12.1 Å². The Labute approximate surface area is 141 Å². The maximum absolute atomic E-state index is 12.4. The number of hydrogen-bond donors (Lipinski definition) is 2. The molecule has 0 radical (unpaired) electrons. The van der Waals surface area contributed by atoms with Crippen molar-refractivity contribution in [3.63, 3.8) is 0 Å². The molecule has 9 heteroatoms. The van der Waals surface area contributed by atoms with Gasteiger partial charge < -0.3 is 14.8 Å². The van der Waals surface area contributed by atoms with Crippen molar-refractivity contribution < 1.29 is 28.7 Å². The molecule has 0 bridgehead atoms. The molecule has 0 aromatic carbocycles. The van der Waals surface area contributed by atoms with E-state index >= 15 is 0 Å². The van der Waals surface area contributed by atoms with Gasteiger partial charge in [0.15, 0.2) is 0 Å². The van der Waals surface area contributed by atoms with Crippen LogP contribution in [0.3, 0.4) is 0 Å². The topological polar surface area (TPSA) is 114 Å². The van der Waals surface area contributed by atoms with Gasteiger partial charge in [-0.25, -0.2) is 15.2 Å². The van der Waals surface area contributed by atoms with Crippen LogP contribution >= 0.6 is 0 Å². The number of ether oxygens (including phenoxy) is 2. The molecule has 1 heterocycles. The Hall–Kier alpha value is -2.32. The minimum Gasteiger partial charge on any atom is -0.465 e. The Balaban J connectivity index is 2.75. The van der Waals surface area contributed by atoms with Gasteiger partial charge in [-0.05, 0) is 41.0 Å². The number of nitrogens with zero attached hydrogens (tertiary/aromatic N) is 1. The Bertz CT molecular complexity index is 528. The van der Waals surface area contributed by atoms with Crippen LogP contribution in [0.4, 0.5) is 4.79 Å². The van der Waals surface area contributed by atoms with Gasteiger partial charge in [0.2, 0.25) is 11.8 Å². The summed E-state index contributed by atoms with van der Waals surface area (Å²) >= 11 is 0. The zero-order chi connectivity index (χ0) is 18.5. The molecular formula is C15H25N3O6. The van der Waals surface area contributed by atoms with E-state index in [-0.39, 0.29) is 26.0 Å². The fourth-order valence-electron chi connectivity index (χ4n) is 2.20. The largest absolute Gasteiger partial charge is 0.465 e. The molecule has 0 aromatic rings. The number of esters is 1. The van der Waals surface area contributed by atoms with Crippen molar-refractivity contribution in [1.29, 1.82) is 0 Å². The molecule has 1 atom stereocenters. The first-order chi connectivity index (χ1) is 11.0. The number of rotatable bonds is 5. The highest BCUT2D eigenvalue weighted by Gasteiger charge is 2.49. The monoisotopic (exact) mass is 343 g/mol. The minimum atomic E-state index is -1.31. The smallest absolute Gasteiger partial charge is 0.426 e. The van der Waals surface area contributed by atoms with Crippen molar-refractivity contribution in [2.24, 2.45) is 0 Å². The lowest BCUT2D eigenvalue weighted by molar-refractivity contribution is -0.147. The van der Waals surface area contributed by atoms with E-state index in [1.165, 1.54) is 6.92 Å². The molecule has 3 amide bonds. The summed E-state index contributed by atoms with van der Waals surface area (Å²) in [6.07, 6.45) is -0.530. The van der Waals surface area contributed by atoms with Gasteiger partial charge in [0.05, 0.1) is 6.61 Å². The number of hydrogen-bond acceptors (Lipinski definition) is 6. The fourth-order valence-corrected chi connectivity index (χ4v) is 2.20. The number of carbonyl (C=O) groups excluding carboxylic acids is 4. The summed E-state index contributed by atoms with van der Waals surface area (Å²) in [7, 11) is 0. The summed E-state index contributed by atoms with van der Waals surface area (Å²) in [5, 5.41) is 3.38. The summed E-state index contributed by atoms with van der Waals surface area (Å²) in [6, 6.07) is 0. The van der Waals surface area contributed by atoms with Crippen LogP contribution in [0.15, 0.2) is 0 Å². The van der Waals surface area contributed by atoms with E-state index < -0.39 is 35.0 Å². The molecule has 1 fully saturated rings. The molecule has 24 heavy (non-hydrogen) atoms. The van der Waals surface area contributed by atoms with Crippen LogP contribution < -0.4 is 10.7 Å². The summed E-state index contributed by atoms with van der Waals surface area (Å²) < 4.78 is 9.83. The molecule has 1 unspecified atom stereocenters. The summed E-state index contributed by atoms with van der Waals surface area (Å²) in [4.78, 5) is 47.6. The zero-order valence-corrected chi connectivity index (χ0v) is 14.7. The molecule has 0 aliphatic carbocycles. The lowest BCUT2D eigenvalue weighted by Crippen LogP contribution is -2.61. The average molecular weight is 343 g/mol. The molecule has 1 aliphatic rings. The molecular weight excluding hydrogens is 318 g/mol. The van der Waals surface area contributed by atoms with E-state index in [2.05, 4.69) is 10.7 Å². The van der Waals surface area contributed by atoms with Gasteiger partial charge in [0.1, 0.15) is 17.7 Å². The molecule has 2 N–H and O–H groups in total. The maximum Gasteiger partial charge on any atom is 0.426 e. The van der Waals surface area contributed by atoms with Gasteiger partial charge in [0.25, 0.3) is 0 Å². The van der Waals surface area contributed by atoms with Crippen molar-refractivity contribution in [3.8, 4) is 0 Å². The second kappa shape index (κ2) is 7.50. The van der Waals surface area contributed by atoms with E-state index in [9.17, 15) is 19.2 Å². The third-order valence-corrected chi connectivity index (χ3v) is 3.36. The quantitative estimate of drug-likeness (QED) is 0.702. The van der Waals surface area contributed by atoms with E-state index in [1.54, 1.807) is 27.7 Å². The highest BCUT2D eigenvalue weighted by atomic mass is 16.6. The van der Waals surface area contributed by atoms with Crippen molar-refractivity contribution in [1.82, 2.24) is 15.8 Å². The third kappa shape index (κ3) is 5.10. The number of carbonyl (C=O) groups is 4. The summed E-state index contributed by atoms with van der Waals surface area (Å²) in [6.45, 7) is 8.11. The van der Waals surface area contributed by atoms with Crippen LogP contribution in [-0.2, 0) is 23.9 Å². The highest BCUT2D eigenvalue weighted by molar-refractivity contribution is 5.96. The molecule has 0 aromatic heterocycles. The Kier molecular flexibility index (Phi) is 6.16. The first kappa shape index (κ1) is 19.7. The zero-order valence-electron chi connectivity index (χ0n) is 14.7. The van der Waals surface area contributed by atoms with Crippen LogP contribution in [0.25, 0.3) is 0 Å². The molecule has 1 saturated heterocycles. The number of amides is 3. The summed E-state index contributed by atoms with van der Waals surface area (Å²) in [5.74, 6) is -1.54. The normalized spacial score (nSPS) is 20.5. The molecule has 1 rings (SSSR count). The van der Waals surface area contributed by atoms with Crippen LogP contribution in [0.2, 0.25) is 0 Å². The molecule has 0 saturated carbocycles. The third-order valence-electron chi connectivity index (χ3n) is 3.36. The Morgan fingerprint density at radius 3 is 2.46 bits per heavy atom. The molecule has 136 valence electrons. The molecule has 0 spiro atoms. The van der Waals surface area contributed by atoms with Gasteiger partial charge in [-0.2, -0.15) is 0 Å². The predicted molar refractivity (Wildman–Crippen MR) is 83.5 cm³/mol. The average Bonchev–Trinajstić information content (AvgIpc) is 2.72. The number of nitrogens with one attached hydrogen (secondary N) is 2. The number of hydrazine groups is 1. The Morgan fingerprint density at radius 1 is 1.29 bits per heavy atom. The molecule has 1 aliphatic heterocycles. The minimum absolute atomic E-state index is 0.0964. The van der Waals surface area contributed by atoms with Crippen molar-refractivity contribution in [2.75, 3.05) is 13.2 Å². The van der Waals surface area contributed by atoms with Crippen LogP contribution in [-0.4, -0.2) is 53.2 Å². The predicted octanol–water partition coefficient (Wildman–Crippen LogP) is 0.487. The van der Waals surface area contributed by atoms with Crippen LogP contribution in [0.5, 0.6) is 0 Å². The summed E-state index contributed by atoms with van der Waals surface area (Å²) in [5.41, 5.74) is 0.269. The van der Waals surface area contributed by atoms with E-state index in [0.717, 1.165) is 5.01 Å². The van der Waals surface area contributed by atoms with Gasteiger partial charge in [-0.3, -0.25) is 14.4 Å². The van der Waals surface area contributed by atoms with Gasteiger partial charge in [-0.1, -0.05) is 0 Å².